The lowest BCUT2D eigenvalue weighted by Gasteiger charge is -2.04. The van der Waals surface area contributed by atoms with E-state index >= 15 is 0 Å². The van der Waals surface area contributed by atoms with Gasteiger partial charge < -0.3 is 13.3 Å². The van der Waals surface area contributed by atoms with Crippen molar-refractivity contribution in [2.75, 3.05) is 0 Å². The summed E-state index contributed by atoms with van der Waals surface area (Å²) >= 11 is 0. The van der Waals surface area contributed by atoms with Crippen LogP contribution in [-0.4, -0.2) is 4.57 Å². The van der Waals surface area contributed by atoms with Crippen LogP contribution in [0.25, 0.3) is 60.8 Å². The number of nitrogens with zero attached hydrogens (tertiary/aromatic N) is 2. The summed E-state index contributed by atoms with van der Waals surface area (Å²) in [6.07, 6.45) is 1.71. The average Bonchev–Trinajstić information content (AvgIpc) is 3.49. The highest BCUT2D eigenvalue weighted by Gasteiger charge is 2.28. The van der Waals surface area contributed by atoms with Crippen LogP contribution in [0.15, 0.2) is 74.1 Å². The minimum Gasteiger partial charge on any atom is -0.464 e. The van der Waals surface area contributed by atoms with Crippen LogP contribution < -0.4 is 4.57 Å². The molecule has 31 heavy (non-hydrogen) atoms. The zero-order valence-corrected chi connectivity index (χ0v) is 17.4. The second-order valence-corrected chi connectivity index (χ2v) is 8.21. The van der Waals surface area contributed by atoms with Gasteiger partial charge in [-0.25, -0.2) is 4.57 Å². The van der Waals surface area contributed by atoms with Crippen LogP contribution in [-0.2, 0) is 7.05 Å². The molecule has 0 amide bonds. The monoisotopic (exact) mass is 407 g/mol. The first-order valence-corrected chi connectivity index (χ1v) is 10.3. The molecule has 3 aromatic carbocycles. The molecule has 0 fully saturated rings. The van der Waals surface area contributed by atoms with Gasteiger partial charge in [0.15, 0.2) is 11.0 Å². The van der Waals surface area contributed by atoms with E-state index in [9.17, 15) is 0 Å². The molecule has 0 aliphatic heterocycles. The second-order valence-electron chi connectivity index (χ2n) is 8.21. The lowest BCUT2D eigenvalue weighted by Crippen LogP contribution is -2.30. The quantitative estimate of drug-likeness (QED) is 0.293. The molecular formula is C26H19N2O3+. The molecule has 4 heterocycles. The highest BCUT2D eigenvalue weighted by Crippen LogP contribution is 2.42. The van der Waals surface area contributed by atoms with Gasteiger partial charge in [-0.1, -0.05) is 18.2 Å². The summed E-state index contributed by atoms with van der Waals surface area (Å²) in [6, 6.07) is 18.7. The van der Waals surface area contributed by atoms with Crippen molar-refractivity contribution in [2.45, 2.75) is 13.8 Å². The topological polar surface area (TPSA) is 48.2 Å². The van der Waals surface area contributed by atoms with Gasteiger partial charge in [-0.05, 0) is 42.8 Å². The molecule has 150 valence electrons. The fourth-order valence-corrected chi connectivity index (χ4v) is 4.92. The van der Waals surface area contributed by atoms with Gasteiger partial charge in [-0.15, -0.1) is 0 Å². The number of imidazole rings is 1. The van der Waals surface area contributed by atoms with Crippen LogP contribution in [0, 0.1) is 13.8 Å². The largest absolute Gasteiger partial charge is 0.464 e. The van der Waals surface area contributed by atoms with Crippen molar-refractivity contribution >= 4 is 55.1 Å². The Morgan fingerprint density at radius 2 is 1.68 bits per heavy atom. The van der Waals surface area contributed by atoms with Crippen LogP contribution in [0.3, 0.4) is 0 Å². The number of furan rings is 3. The fourth-order valence-electron chi connectivity index (χ4n) is 4.92. The highest BCUT2D eigenvalue weighted by atomic mass is 16.5. The predicted octanol–water partition coefficient (Wildman–Crippen LogP) is 6.46. The van der Waals surface area contributed by atoms with Gasteiger partial charge in [0.05, 0.1) is 24.1 Å². The van der Waals surface area contributed by atoms with E-state index in [-0.39, 0.29) is 0 Å². The Morgan fingerprint density at radius 3 is 2.55 bits per heavy atom. The third-order valence-electron chi connectivity index (χ3n) is 6.55. The molecule has 0 unspecified atom stereocenters. The van der Waals surface area contributed by atoms with Gasteiger partial charge in [0, 0.05) is 23.8 Å². The maximum absolute atomic E-state index is 6.20. The molecule has 0 atom stereocenters. The second kappa shape index (κ2) is 5.58. The standard InChI is InChI=1S/C26H19N2O3/c1-14-6-4-5-7-18(14)28-15(2)27(3)19-8-9-20-24(25(19)28)23-17-12-16-10-11-29-21(16)13-22(17)31-26(23)30-20/h4-13H,1-3H3/q+1. The lowest BCUT2D eigenvalue weighted by molar-refractivity contribution is -0.652. The van der Waals surface area contributed by atoms with E-state index in [0.29, 0.717) is 5.78 Å². The first-order chi connectivity index (χ1) is 15.1. The molecule has 0 aliphatic carbocycles. The van der Waals surface area contributed by atoms with Crippen molar-refractivity contribution in [3.8, 4) is 5.69 Å². The van der Waals surface area contributed by atoms with Crippen LogP contribution in [0.4, 0.5) is 0 Å². The normalized spacial score (nSPS) is 12.4. The van der Waals surface area contributed by atoms with Gasteiger partial charge in [0.2, 0.25) is 0 Å². The number of hydrogen-bond acceptors (Lipinski definition) is 3. The van der Waals surface area contributed by atoms with Crippen molar-refractivity contribution < 1.29 is 17.8 Å². The van der Waals surface area contributed by atoms with E-state index in [0.717, 1.165) is 60.8 Å². The van der Waals surface area contributed by atoms with Crippen LogP contribution in [0.5, 0.6) is 0 Å². The van der Waals surface area contributed by atoms with Crippen LogP contribution in [0.2, 0.25) is 0 Å². The van der Waals surface area contributed by atoms with E-state index in [1.54, 1.807) is 6.26 Å². The molecule has 4 aromatic heterocycles. The molecule has 0 radical (unpaired) electrons. The van der Waals surface area contributed by atoms with Crippen molar-refractivity contribution in [3.63, 3.8) is 0 Å². The Kier molecular flexibility index (Phi) is 3.02. The van der Waals surface area contributed by atoms with Crippen molar-refractivity contribution in [1.29, 1.82) is 0 Å². The molecular weight excluding hydrogens is 388 g/mol. The van der Waals surface area contributed by atoms with Crippen molar-refractivity contribution in [1.82, 2.24) is 4.57 Å². The average molecular weight is 407 g/mol. The number of aryl methyl sites for hydroxylation is 2. The number of fused-ring (bicyclic) bond motifs is 8. The Morgan fingerprint density at radius 1 is 0.839 bits per heavy atom. The predicted molar refractivity (Wildman–Crippen MR) is 121 cm³/mol. The number of aromatic nitrogens is 2. The van der Waals surface area contributed by atoms with E-state index in [1.165, 1.54) is 5.56 Å². The summed E-state index contributed by atoms with van der Waals surface area (Å²) in [5.74, 6) is 1.69. The van der Waals surface area contributed by atoms with E-state index in [1.807, 2.05) is 18.2 Å². The van der Waals surface area contributed by atoms with E-state index in [4.69, 9.17) is 13.3 Å². The van der Waals surface area contributed by atoms with Crippen molar-refractivity contribution in [3.05, 3.63) is 72.2 Å². The fraction of sp³-hybridized carbons (Fsp3) is 0.115. The molecule has 7 aromatic rings. The molecule has 5 nitrogen and oxygen atoms in total. The number of benzene rings is 3. The number of hydrogen-bond donors (Lipinski definition) is 0. The maximum atomic E-state index is 6.20. The summed E-state index contributed by atoms with van der Waals surface area (Å²) in [5, 5.41) is 4.16. The molecule has 5 heteroatoms. The Balaban J connectivity index is 1.75. The Bertz CT molecular complexity index is 1820. The van der Waals surface area contributed by atoms with Crippen LogP contribution >= 0.6 is 0 Å². The van der Waals surface area contributed by atoms with E-state index < -0.39 is 0 Å². The summed E-state index contributed by atoms with van der Waals surface area (Å²) in [4.78, 5) is 0. The molecule has 0 aliphatic rings. The molecule has 0 bridgehead atoms. The number of para-hydroxylation sites is 1. The smallest absolute Gasteiger partial charge is 0.299 e. The van der Waals surface area contributed by atoms with Crippen molar-refractivity contribution in [2.24, 2.45) is 7.05 Å². The zero-order valence-electron chi connectivity index (χ0n) is 17.4. The zero-order chi connectivity index (χ0) is 20.9. The first-order valence-electron chi connectivity index (χ1n) is 10.3. The molecule has 0 saturated heterocycles. The summed E-state index contributed by atoms with van der Waals surface area (Å²) in [6.45, 7) is 4.30. The minimum atomic E-state index is 0.544. The molecule has 0 spiro atoms. The van der Waals surface area contributed by atoms with Gasteiger partial charge in [0.25, 0.3) is 11.6 Å². The molecule has 0 saturated carbocycles. The SMILES string of the molecule is Cc1ccccc1-n1c(C)[n+](C)c2ccc3oc4oc5cc6occc6cc5c4c3c21. The van der Waals surface area contributed by atoms with Gasteiger partial charge in [-0.3, -0.25) is 0 Å². The van der Waals surface area contributed by atoms with E-state index in [2.05, 4.69) is 66.4 Å². The van der Waals surface area contributed by atoms with Gasteiger partial charge >= 0.3 is 0 Å². The summed E-state index contributed by atoms with van der Waals surface area (Å²) in [5.41, 5.74) is 7.06. The summed E-state index contributed by atoms with van der Waals surface area (Å²) in [7, 11) is 2.11. The third-order valence-corrected chi connectivity index (χ3v) is 6.55. The minimum absolute atomic E-state index is 0.544. The Hall–Kier alpha value is -3.99. The van der Waals surface area contributed by atoms with Crippen LogP contribution in [0.1, 0.15) is 11.4 Å². The highest BCUT2D eigenvalue weighted by molar-refractivity contribution is 6.25. The lowest BCUT2D eigenvalue weighted by atomic mass is 10.1. The molecule has 7 rings (SSSR count). The summed E-state index contributed by atoms with van der Waals surface area (Å²) < 4.78 is 22.5. The first kappa shape index (κ1) is 16.8. The number of rotatable bonds is 1. The maximum Gasteiger partial charge on any atom is 0.299 e. The van der Waals surface area contributed by atoms with Gasteiger partial charge in [0.1, 0.15) is 22.4 Å². The third kappa shape index (κ3) is 2.03. The van der Waals surface area contributed by atoms with Gasteiger partial charge in [-0.2, -0.15) is 4.57 Å². The molecule has 0 N–H and O–H groups in total. The Labute approximate surface area is 176 Å².